The smallest absolute Gasteiger partial charge is 0.338 e. The third-order valence-electron chi connectivity index (χ3n) is 2.99. The molecular weight excluding hydrogens is 251 g/mol. The van der Waals surface area contributed by atoms with Crippen LogP contribution in [-0.2, 0) is 6.54 Å². The maximum atomic E-state index is 13.7. The summed E-state index contributed by atoms with van der Waals surface area (Å²) in [7, 11) is 3.52. The molecule has 3 N–H and O–H groups in total. The van der Waals surface area contributed by atoms with Gasteiger partial charge in [-0.2, -0.15) is 0 Å². The average molecular weight is 266 g/mol. The fourth-order valence-corrected chi connectivity index (χ4v) is 2.27. The number of aromatic amines is 1. The van der Waals surface area contributed by atoms with Gasteiger partial charge in [-0.3, -0.25) is 0 Å². The summed E-state index contributed by atoms with van der Waals surface area (Å²) in [5, 5.41) is 19.5. The number of fused-ring (bicyclic) bond motifs is 1. The number of aryl methyl sites for hydroxylation is 1. The van der Waals surface area contributed by atoms with E-state index in [9.17, 15) is 19.4 Å². The van der Waals surface area contributed by atoms with Gasteiger partial charge in [-0.15, -0.1) is 0 Å². The molecule has 0 amide bonds. The third kappa shape index (κ3) is 2.15. The van der Waals surface area contributed by atoms with Crippen molar-refractivity contribution in [2.45, 2.75) is 13.5 Å². The second kappa shape index (κ2) is 4.55. The van der Waals surface area contributed by atoms with Crippen molar-refractivity contribution < 1.29 is 19.4 Å². The van der Waals surface area contributed by atoms with Crippen molar-refractivity contribution in [2.24, 2.45) is 0 Å². The normalized spacial score (nSPS) is 11.4. The van der Waals surface area contributed by atoms with Crippen LogP contribution in [0.4, 0.5) is 4.39 Å². The van der Waals surface area contributed by atoms with Crippen LogP contribution in [-0.4, -0.2) is 40.2 Å². The quantitative estimate of drug-likeness (QED) is 0.795. The van der Waals surface area contributed by atoms with Crippen molar-refractivity contribution in [1.82, 2.24) is 9.88 Å². The number of carboxylic acids is 1. The van der Waals surface area contributed by atoms with Gasteiger partial charge in [0.25, 0.3) is 0 Å². The van der Waals surface area contributed by atoms with Gasteiger partial charge in [0.15, 0.2) is 11.6 Å². The molecule has 1 heterocycles. The van der Waals surface area contributed by atoms with Crippen LogP contribution in [0, 0.1) is 12.7 Å². The lowest BCUT2D eigenvalue weighted by molar-refractivity contribution is 0.0698. The second-order valence-corrected chi connectivity index (χ2v) is 4.78. The lowest BCUT2D eigenvalue weighted by Crippen LogP contribution is -2.12. The second-order valence-electron chi connectivity index (χ2n) is 4.78. The molecule has 0 aliphatic carbocycles. The van der Waals surface area contributed by atoms with E-state index >= 15 is 0 Å². The van der Waals surface area contributed by atoms with E-state index in [2.05, 4.69) is 4.98 Å². The van der Waals surface area contributed by atoms with Gasteiger partial charge < -0.3 is 20.1 Å². The molecule has 0 aliphatic rings. The first kappa shape index (κ1) is 13.4. The number of halogens is 1. The zero-order valence-corrected chi connectivity index (χ0v) is 10.9. The fraction of sp³-hybridized carbons (Fsp3) is 0.308. The van der Waals surface area contributed by atoms with E-state index in [1.165, 1.54) is 0 Å². The number of benzene rings is 1. The zero-order valence-electron chi connectivity index (χ0n) is 10.9. The Morgan fingerprint density at radius 3 is 2.63 bits per heavy atom. The molecule has 2 aromatic rings. The highest BCUT2D eigenvalue weighted by Gasteiger charge is 2.22. The first-order valence-corrected chi connectivity index (χ1v) is 5.73. The summed E-state index contributed by atoms with van der Waals surface area (Å²) in [6.07, 6.45) is 0. The summed E-state index contributed by atoms with van der Waals surface area (Å²) in [6.45, 7) is 1.86. The molecule has 19 heavy (non-hydrogen) atoms. The van der Waals surface area contributed by atoms with E-state index < -0.39 is 17.5 Å². The molecule has 0 atom stereocenters. The number of hydrogen-bond donors (Lipinski definition) is 3. The van der Waals surface area contributed by atoms with Crippen molar-refractivity contribution in [3.8, 4) is 5.75 Å². The summed E-state index contributed by atoms with van der Waals surface area (Å²) in [5.41, 5.74) is 1.17. The van der Waals surface area contributed by atoms with Gasteiger partial charge in [0.2, 0.25) is 0 Å². The molecule has 0 saturated heterocycles. The zero-order chi connectivity index (χ0) is 14.3. The van der Waals surface area contributed by atoms with Crippen LogP contribution in [0.5, 0.6) is 5.75 Å². The Labute approximate surface area is 109 Å². The number of carboxylic acid groups (broad SMARTS) is 1. The molecule has 0 fully saturated rings. The van der Waals surface area contributed by atoms with E-state index in [0.29, 0.717) is 16.6 Å². The molecule has 0 radical (unpaired) electrons. The Morgan fingerprint density at radius 2 is 2.11 bits per heavy atom. The first-order chi connectivity index (χ1) is 8.82. The van der Waals surface area contributed by atoms with E-state index in [1.807, 2.05) is 0 Å². The van der Waals surface area contributed by atoms with Gasteiger partial charge in [0.1, 0.15) is 0 Å². The first-order valence-electron chi connectivity index (χ1n) is 5.73. The van der Waals surface area contributed by atoms with Crippen molar-refractivity contribution in [3.63, 3.8) is 0 Å². The summed E-state index contributed by atoms with van der Waals surface area (Å²) in [5.74, 6) is -2.36. The van der Waals surface area contributed by atoms with Crippen molar-refractivity contribution >= 4 is 16.9 Å². The van der Waals surface area contributed by atoms with Gasteiger partial charge in [0.05, 0.1) is 5.56 Å². The Kier molecular flexibility index (Phi) is 3.20. The summed E-state index contributed by atoms with van der Waals surface area (Å²) < 4.78 is 13.7. The average Bonchev–Trinajstić information content (AvgIpc) is 2.60. The highest BCUT2D eigenvalue weighted by Crippen LogP contribution is 2.34. The number of hydrogen-bond acceptors (Lipinski definition) is 3. The monoisotopic (exact) mass is 266 g/mol. The van der Waals surface area contributed by atoms with Crippen LogP contribution >= 0.6 is 0 Å². The van der Waals surface area contributed by atoms with Crippen molar-refractivity contribution in [3.05, 3.63) is 28.7 Å². The SMILES string of the molecule is Cc1[nH]c2cc(F)c(O)c(CN(C)C)c2c1C(=O)O. The number of carbonyl (C=O) groups is 1. The lowest BCUT2D eigenvalue weighted by atomic mass is 10.0. The molecule has 102 valence electrons. The highest BCUT2D eigenvalue weighted by atomic mass is 19.1. The molecule has 6 heteroatoms. The summed E-state index contributed by atoms with van der Waals surface area (Å²) in [4.78, 5) is 15.9. The Morgan fingerprint density at radius 1 is 1.47 bits per heavy atom. The van der Waals surface area contributed by atoms with Crippen LogP contribution in [0.25, 0.3) is 10.9 Å². The minimum atomic E-state index is -1.10. The minimum Gasteiger partial charge on any atom is -0.505 e. The number of nitrogens with one attached hydrogen (secondary N) is 1. The Bertz CT molecular complexity index is 662. The van der Waals surface area contributed by atoms with E-state index in [-0.39, 0.29) is 17.7 Å². The van der Waals surface area contributed by atoms with E-state index in [1.54, 1.807) is 25.9 Å². The number of nitrogens with zero attached hydrogens (tertiary/aromatic N) is 1. The fourth-order valence-electron chi connectivity index (χ4n) is 2.27. The number of H-pyrrole nitrogens is 1. The summed E-state index contributed by atoms with van der Waals surface area (Å²) >= 11 is 0. The minimum absolute atomic E-state index is 0.0714. The molecular formula is C13H15FN2O3. The predicted molar refractivity (Wildman–Crippen MR) is 69.0 cm³/mol. The lowest BCUT2D eigenvalue weighted by Gasteiger charge is -2.13. The van der Waals surface area contributed by atoms with Gasteiger partial charge in [-0.1, -0.05) is 0 Å². The van der Waals surface area contributed by atoms with E-state index in [0.717, 1.165) is 6.07 Å². The number of aromatic nitrogens is 1. The molecule has 2 rings (SSSR count). The topological polar surface area (TPSA) is 76.6 Å². The summed E-state index contributed by atoms with van der Waals surface area (Å²) in [6, 6.07) is 1.11. The molecule has 0 bridgehead atoms. The molecule has 0 spiro atoms. The van der Waals surface area contributed by atoms with Crippen LogP contribution in [0.2, 0.25) is 0 Å². The van der Waals surface area contributed by atoms with Crippen molar-refractivity contribution in [1.29, 1.82) is 0 Å². The number of aromatic carboxylic acids is 1. The van der Waals surface area contributed by atoms with Gasteiger partial charge in [-0.25, -0.2) is 9.18 Å². The number of phenolic OH excluding ortho intramolecular Hbond substituents is 1. The largest absolute Gasteiger partial charge is 0.505 e. The van der Waals surface area contributed by atoms with Crippen molar-refractivity contribution in [2.75, 3.05) is 14.1 Å². The maximum Gasteiger partial charge on any atom is 0.338 e. The Hall–Kier alpha value is -2.08. The van der Waals surface area contributed by atoms with E-state index in [4.69, 9.17) is 0 Å². The molecule has 0 saturated carbocycles. The Balaban J connectivity index is 2.88. The van der Waals surface area contributed by atoms with Crippen LogP contribution < -0.4 is 0 Å². The molecule has 5 nitrogen and oxygen atoms in total. The third-order valence-corrected chi connectivity index (χ3v) is 2.99. The highest BCUT2D eigenvalue weighted by molar-refractivity contribution is 6.06. The van der Waals surface area contributed by atoms with Crippen LogP contribution in [0.15, 0.2) is 6.07 Å². The molecule has 0 aliphatic heterocycles. The van der Waals surface area contributed by atoms with Gasteiger partial charge in [-0.05, 0) is 21.0 Å². The molecule has 1 aromatic heterocycles. The van der Waals surface area contributed by atoms with Gasteiger partial charge >= 0.3 is 5.97 Å². The molecule has 1 aromatic carbocycles. The molecule has 0 unspecified atom stereocenters. The number of phenols is 1. The number of rotatable bonds is 3. The predicted octanol–water partition coefficient (Wildman–Crippen LogP) is 2.08. The van der Waals surface area contributed by atoms with Crippen LogP contribution in [0.3, 0.4) is 0 Å². The standard InChI is InChI=1S/C13H15FN2O3/c1-6-10(13(18)19)11-7(5-16(2)3)12(17)8(14)4-9(11)15-6/h4,15,17H,5H2,1-3H3,(H,18,19). The van der Waals surface area contributed by atoms with Gasteiger partial charge in [0, 0.05) is 34.8 Å². The van der Waals surface area contributed by atoms with Crippen LogP contribution in [0.1, 0.15) is 21.6 Å². The maximum absolute atomic E-state index is 13.7. The number of aromatic hydroxyl groups is 1.